The fourth-order valence-electron chi connectivity index (χ4n) is 8.40. The third-order valence-electron chi connectivity index (χ3n) is 10.8. The molecule has 0 bridgehead atoms. The molecule has 0 N–H and O–H groups in total. The summed E-state index contributed by atoms with van der Waals surface area (Å²) in [5.74, 6) is 3.11. The van der Waals surface area contributed by atoms with Crippen molar-refractivity contribution in [2.75, 3.05) is 0 Å². The molecular formula is C48H32F3N9. The lowest BCUT2D eigenvalue weighted by molar-refractivity contribution is -0.137. The van der Waals surface area contributed by atoms with Gasteiger partial charge in [-0.25, -0.2) is 29.9 Å². The highest BCUT2D eigenvalue weighted by molar-refractivity contribution is 6.13. The molecule has 6 aromatic carbocycles. The smallest absolute Gasteiger partial charge is 0.309 e. The molecule has 0 radical (unpaired) electrons. The second-order valence-electron chi connectivity index (χ2n) is 14.8. The summed E-state index contributed by atoms with van der Waals surface area (Å²) in [6.07, 6.45) is -4.75. The first-order chi connectivity index (χ1) is 28.9. The lowest BCUT2D eigenvalue weighted by Crippen LogP contribution is -2.11. The second kappa shape index (κ2) is 13.7. The number of hydrogen-bond donors (Lipinski definition) is 0. The normalized spacial score (nSPS) is 11.9. The van der Waals surface area contributed by atoms with Crippen molar-refractivity contribution in [3.63, 3.8) is 0 Å². The van der Waals surface area contributed by atoms with Crippen LogP contribution in [0.4, 0.5) is 13.2 Å². The quantitative estimate of drug-likeness (QED) is 0.171. The first kappa shape index (κ1) is 36.6. The number of alkyl halides is 3. The maximum absolute atomic E-state index is 15.6. The Morgan fingerprint density at radius 3 is 1.37 bits per heavy atom. The van der Waals surface area contributed by atoms with Gasteiger partial charge in [-0.15, -0.1) is 0 Å². The minimum Gasteiger partial charge on any atom is -0.309 e. The van der Waals surface area contributed by atoms with Crippen LogP contribution in [0.15, 0.2) is 121 Å². The number of benzene rings is 6. The zero-order valence-electron chi connectivity index (χ0n) is 32.7. The average molecular weight is 792 g/mol. The van der Waals surface area contributed by atoms with Gasteiger partial charge in [-0.3, -0.25) is 0 Å². The monoisotopic (exact) mass is 791 g/mol. The van der Waals surface area contributed by atoms with Crippen LogP contribution in [-0.2, 0) is 6.18 Å². The fraction of sp³-hybridized carbons (Fsp3) is 0.104. The van der Waals surface area contributed by atoms with Crippen molar-refractivity contribution in [2.45, 2.75) is 33.9 Å². The van der Waals surface area contributed by atoms with Gasteiger partial charge < -0.3 is 9.13 Å². The van der Waals surface area contributed by atoms with Crippen molar-refractivity contribution >= 4 is 43.6 Å². The minimum atomic E-state index is -4.75. The highest BCUT2D eigenvalue weighted by Gasteiger charge is 2.34. The lowest BCUT2D eigenvalue weighted by atomic mass is 9.96. The highest BCUT2D eigenvalue weighted by atomic mass is 19.4. The van der Waals surface area contributed by atoms with Crippen LogP contribution < -0.4 is 0 Å². The third kappa shape index (κ3) is 6.02. The minimum absolute atomic E-state index is 0.270. The van der Waals surface area contributed by atoms with E-state index in [0.717, 1.165) is 21.5 Å². The molecule has 0 saturated heterocycles. The van der Waals surface area contributed by atoms with E-state index in [4.69, 9.17) is 0 Å². The zero-order valence-corrected chi connectivity index (χ0v) is 32.7. The molecule has 0 aliphatic heterocycles. The van der Waals surface area contributed by atoms with Crippen molar-refractivity contribution in [3.8, 4) is 51.3 Å². The Morgan fingerprint density at radius 1 is 0.467 bits per heavy atom. The van der Waals surface area contributed by atoms with E-state index >= 15 is 13.2 Å². The van der Waals surface area contributed by atoms with Gasteiger partial charge in [-0.1, -0.05) is 72.8 Å². The fourth-order valence-corrected chi connectivity index (χ4v) is 8.40. The molecule has 10 rings (SSSR count). The summed E-state index contributed by atoms with van der Waals surface area (Å²) in [5.41, 5.74) is 5.15. The first-order valence-electron chi connectivity index (χ1n) is 19.2. The predicted molar refractivity (Wildman–Crippen MR) is 227 cm³/mol. The van der Waals surface area contributed by atoms with Crippen LogP contribution in [0.3, 0.4) is 0 Å². The Hall–Kier alpha value is -7.78. The van der Waals surface area contributed by atoms with E-state index < -0.39 is 11.7 Å². The van der Waals surface area contributed by atoms with Crippen LogP contribution in [0, 0.1) is 39.0 Å². The van der Waals surface area contributed by atoms with Crippen molar-refractivity contribution < 1.29 is 13.2 Å². The van der Waals surface area contributed by atoms with Gasteiger partial charge in [-0.05, 0) is 81.8 Å². The predicted octanol–water partition coefficient (Wildman–Crippen LogP) is 11.4. The molecule has 0 fully saturated rings. The topological polar surface area (TPSA) is 111 Å². The number of rotatable bonds is 5. The van der Waals surface area contributed by atoms with Gasteiger partial charge in [0.1, 0.15) is 23.3 Å². The van der Waals surface area contributed by atoms with E-state index in [1.165, 1.54) is 12.1 Å². The van der Waals surface area contributed by atoms with Crippen LogP contribution in [-0.4, -0.2) is 39.0 Å². The van der Waals surface area contributed by atoms with Crippen LogP contribution in [0.2, 0.25) is 0 Å². The Balaban J connectivity index is 1.39. The summed E-state index contributed by atoms with van der Waals surface area (Å²) in [6, 6.07) is 38.6. The summed E-state index contributed by atoms with van der Waals surface area (Å²) in [6.45, 7) is 7.18. The van der Waals surface area contributed by atoms with E-state index in [0.29, 0.717) is 84.8 Å². The third-order valence-corrected chi connectivity index (χ3v) is 10.8. The molecule has 0 aliphatic carbocycles. The number of aromatic nitrogens is 8. The molecule has 4 aromatic heterocycles. The number of para-hydroxylation sites is 2. The highest BCUT2D eigenvalue weighted by Crippen LogP contribution is 2.46. The molecule has 4 heterocycles. The van der Waals surface area contributed by atoms with E-state index in [1.54, 1.807) is 45.9 Å². The van der Waals surface area contributed by atoms with E-state index in [-0.39, 0.29) is 11.4 Å². The van der Waals surface area contributed by atoms with Crippen LogP contribution in [0.1, 0.15) is 34.4 Å². The van der Waals surface area contributed by atoms with E-state index in [9.17, 15) is 5.26 Å². The summed E-state index contributed by atoms with van der Waals surface area (Å²) in [5, 5.41) is 13.5. The SMILES string of the molecule is Cc1nc(C)nc(-c2ccc3c4ccccc4n(-c4cc(C(F)(F)F)cc(-n5c6ccccc6c6ccc(-c7nc(C)nc(C)n7)cc65)c4-c4cccc(C#N)c4)c3c2)n1. The maximum atomic E-state index is 15.6. The summed E-state index contributed by atoms with van der Waals surface area (Å²) in [4.78, 5) is 27.2. The summed E-state index contributed by atoms with van der Waals surface area (Å²) >= 11 is 0. The van der Waals surface area contributed by atoms with Crippen LogP contribution >= 0.6 is 0 Å². The molecule has 10 aromatic rings. The van der Waals surface area contributed by atoms with Crippen molar-refractivity contribution in [1.82, 2.24) is 39.0 Å². The zero-order chi connectivity index (χ0) is 41.4. The van der Waals surface area contributed by atoms with Gasteiger partial charge in [0.2, 0.25) is 0 Å². The second-order valence-corrected chi connectivity index (χ2v) is 14.8. The average Bonchev–Trinajstić information content (AvgIpc) is 3.74. The molecule has 60 heavy (non-hydrogen) atoms. The molecule has 0 aliphatic rings. The molecule has 0 amide bonds. The number of nitriles is 1. The van der Waals surface area contributed by atoms with Gasteiger partial charge in [0, 0.05) is 38.2 Å². The van der Waals surface area contributed by atoms with E-state index in [1.807, 2.05) is 100 Å². The number of fused-ring (bicyclic) bond motifs is 6. The number of aryl methyl sites for hydroxylation is 4. The number of nitrogens with zero attached hydrogens (tertiary/aromatic N) is 9. The number of halogens is 3. The van der Waals surface area contributed by atoms with Gasteiger partial charge in [0.15, 0.2) is 11.6 Å². The molecule has 0 spiro atoms. The Morgan fingerprint density at radius 2 is 0.917 bits per heavy atom. The molecule has 9 nitrogen and oxygen atoms in total. The van der Waals surface area contributed by atoms with Gasteiger partial charge in [0.25, 0.3) is 0 Å². The Labute approximate surface area is 341 Å². The van der Waals surface area contributed by atoms with Crippen LogP contribution in [0.5, 0.6) is 0 Å². The van der Waals surface area contributed by atoms with Crippen molar-refractivity contribution in [3.05, 3.63) is 156 Å². The van der Waals surface area contributed by atoms with Gasteiger partial charge in [-0.2, -0.15) is 18.4 Å². The van der Waals surface area contributed by atoms with Crippen LogP contribution in [0.25, 0.3) is 88.9 Å². The largest absolute Gasteiger partial charge is 0.416 e. The Bertz CT molecular complexity index is 3220. The summed E-state index contributed by atoms with van der Waals surface area (Å²) in [7, 11) is 0. The van der Waals surface area contributed by atoms with Gasteiger partial charge >= 0.3 is 6.18 Å². The standard InChI is InChI=1S/C48H32F3N9/c1-26-53-27(2)56-46(55-26)32-16-18-37-35-12-5-7-14-39(35)59(41(37)21-32)43-23-34(48(49,50)51)24-44(45(43)31-11-9-10-30(20-31)25-52)60-40-15-8-6-13-36(40)38-19-17-33(22-42(38)60)47-57-28(3)54-29(4)58-47/h5-24H,1-4H3. The molecule has 0 unspecified atom stereocenters. The molecular weight excluding hydrogens is 760 g/mol. The lowest BCUT2D eigenvalue weighted by Gasteiger charge is -2.23. The molecule has 0 saturated carbocycles. The Kier molecular flexibility index (Phi) is 8.33. The first-order valence-corrected chi connectivity index (χ1v) is 19.2. The maximum Gasteiger partial charge on any atom is 0.416 e. The van der Waals surface area contributed by atoms with Crippen molar-refractivity contribution in [1.29, 1.82) is 5.26 Å². The molecule has 0 atom stereocenters. The summed E-state index contributed by atoms with van der Waals surface area (Å²) < 4.78 is 50.4. The van der Waals surface area contributed by atoms with Crippen molar-refractivity contribution in [2.24, 2.45) is 0 Å². The molecule has 12 heteroatoms. The van der Waals surface area contributed by atoms with Gasteiger partial charge in [0.05, 0.1) is 50.6 Å². The van der Waals surface area contributed by atoms with E-state index in [2.05, 4.69) is 36.0 Å². The molecule has 290 valence electrons. The number of hydrogen-bond acceptors (Lipinski definition) is 7.